The summed E-state index contributed by atoms with van der Waals surface area (Å²) in [6.07, 6.45) is 1.00. The van der Waals surface area contributed by atoms with Crippen LogP contribution in [0, 0.1) is 5.41 Å². The summed E-state index contributed by atoms with van der Waals surface area (Å²) in [4.78, 5) is 16.7. The Morgan fingerprint density at radius 2 is 1.63 bits per heavy atom. The topological polar surface area (TPSA) is 57.4 Å². The van der Waals surface area contributed by atoms with E-state index in [1.807, 2.05) is 0 Å². The van der Waals surface area contributed by atoms with Gasteiger partial charge in [-0.15, -0.1) is 0 Å². The molecule has 4 aromatic rings. The maximum Gasteiger partial charge on any atom is 0.138 e. The van der Waals surface area contributed by atoms with Crippen molar-refractivity contribution in [2.75, 3.05) is 0 Å². The molecule has 0 radical (unpaired) electrons. The normalized spacial score (nSPS) is 13.0. The van der Waals surface area contributed by atoms with Crippen LogP contribution in [-0.2, 0) is 11.8 Å². The van der Waals surface area contributed by atoms with E-state index >= 15 is 0 Å². The lowest BCUT2D eigenvalue weighted by atomic mass is 9.88. The van der Waals surface area contributed by atoms with Gasteiger partial charge in [0, 0.05) is 11.0 Å². The number of imidazole rings is 2. The molecule has 0 saturated carbocycles. The van der Waals surface area contributed by atoms with Crippen LogP contribution in [0.3, 0.4) is 0 Å². The molecule has 0 fully saturated rings. The van der Waals surface area contributed by atoms with Crippen LogP contribution in [0.5, 0.6) is 0 Å². The third kappa shape index (κ3) is 3.48. The highest BCUT2D eigenvalue weighted by Crippen LogP contribution is 2.29. The monoisotopic (exact) mass is 360 g/mol. The van der Waals surface area contributed by atoms with Crippen molar-refractivity contribution in [3.63, 3.8) is 0 Å². The first-order valence-corrected chi connectivity index (χ1v) is 9.58. The first-order valence-electron chi connectivity index (χ1n) is 9.58. The van der Waals surface area contributed by atoms with Gasteiger partial charge in [-0.2, -0.15) is 0 Å². The zero-order chi connectivity index (χ0) is 19.4. The molecule has 0 spiro atoms. The summed E-state index contributed by atoms with van der Waals surface area (Å²) in [5.41, 5.74) is 6.78. The predicted molar refractivity (Wildman–Crippen MR) is 113 cm³/mol. The number of hydrogen-bond acceptors (Lipinski definition) is 2. The van der Waals surface area contributed by atoms with E-state index in [2.05, 4.69) is 87.9 Å². The van der Waals surface area contributed by atoms with Crippen LogP contribution in [0.1, 0.15) is 52.9 Å². The minimum Gasteiger partial charge on any atom is -0.342 e. The van der Waals surface area contributed by atoms with E-state index in [0.29, 0.717) is 0 Å². The van der Waals surface area contributed by atoms with Crippen molar-refractivity contribution in [2.24, 2.45) is 5.41 Å². The zero-order valence-corrected chi connectivity index (χ0v) is 17.1. The van der Waals surface area contributed by atoms with Crippen LogP contribution < -0.4 is 0 Å². The zero-order valence-electron chi connectivity index (χ0n) is 17.1. The minimum absolute atomic E-state index is 0.000400. The average molecular weight is 361 g/mol. The lowest BCUT2D eigenvalue weighted by molar-refractivity contribution is 0.412. The lowest BCUT2D eigenvalue weighted by Gasteiger charge is -2.18. The summed E-state index contributed by atoms with van der Waals surface area (Å²) < 4.78 is 0. The highest BCUT2D eigenvalue weighted by Gasteiger charge is 2.19. The van der Waals surface area contributed by atoms with Crippen LogP contribution in [0.25, 0.3) is 33.5 Å². The van der Waals surface area contributed by atoms with Crippen LogP contribution in [0.2, 0.25) is 0 Å². The van der Waals surface area contributed by atoms with Crippen molar-refractivity contribution in [1.82, 2.24) is 19.9 Å². The van der Waals surface area contributed by atoms with E-state index in [9.17, 15) is 0 Å². The summed E-state index contributed by atoms with van der Waals surface area (Å²) in [5, 5.41) is 0. The van der Waals surface area contributed by atoms with Crippen LogP contribution >= 0.6 is 0 Å². The number of hydrogen-bond donors (Lipinski definition) is 2. The Morgan fingerprint density at radius 3 is 2.33 bits per heavy atom. The summed E-state index contributed by atoms with van der Waals surface area (Å²) in [5.74, 6) is 1.90. The molecule has 140 valence electrons. The molecule has 4 nitrogen and oxygen atoms in total. The van der Waals surface area contributed by atoms with E-state index in [4.69, 9.17) is 9.97 Å². The third-order valence-electron chi connectivity index (χ3n) is 4.78. The maximum absolute atomic E-state index is 4.94. The summed E-state index contributed by atoms with van der Waals surface area (Å²) in [6, 6.07) is 12.7. The summed E-state index contributed by atoms with van der Waals surface area (Å²) in [7, 11) is 0. The molecule has 0 bridgehead atoms. The molecular formula is C23H28N4. The van der Waals surface area contributed by atoms with Crippen molar-refractivity contribution in [2.45, 2.75) is 53.4 Å². The van der Waals surface area contributed by atoms with Gasteiger partial charge in [0.05, 0.1) is 22.1 Å². The highest BCUT2D eigenvalue weighted by atomic mass is 14.9. The van der Waals surface area contributed by atoms with E-state index < -0.39 is 0 Å². The van der Waals surface area contributed by atoms with Crippen molar-refractivity contribution in [3.8, 4) is 11.4 Å². The SMILES string of the molecule is CC(C)(C)Cc1cccc2[nH]c(-c3ccc4[nH]c(C(C)(C)C)nc4c3)nc12. The molecule has 2 N–H and O–H groups in total. The highest BCUT2D eigenvalue weighted by molar-refractivity contribution is 5.85. The number of fused-ring (bicyclic) bond motifs is 2. The van der Waals surface area contributed by atoms with Crippen molar-refractivity contribution in [3.05, 3.63) is 47.8 Å². The van der Waals surface area contributed by atoms with E-state index in [1.165, 1.54) is 5.56 Å². The number of nitrogens with zero attached hydrogens (tertiary/aromatic N) is 2. The van der Waals surface area contributed by atoms with Gasteiger partial charge in [-0.05, 0) is 41.7 Å². The standard InChI is InChI=1S/C23H28N4/c1-22(2,3)13-15-8-7-9-17-19(15)27-20(24-17)14-10-11-16-18(12-14)26-21(25-16)23(4,5)6/h7-12H,13H2,1-6H3,(H,24,27)(H,25,26). The largest absolute Gasteiger partial charge is 0.342 e. The maximum atomic E-state index is 4.94. The quantitative estimate of drug-likeness (QED) is 0.461. The second-order valence-electron chi connectivity index (χ2n) is 9.70. The van der Waals surface area contributed by atoms with Gasteiger partial charge in [0.1, 0.15) is 11.6 Å². The van der Waals surface area contributed by atoms with Crippen LogP contribution in [-0.4, -0.2) is 19.9 Å². The summed E-state index contributed by atoms with van der Waals surface area (Å²) in [6.45, 7) is 13.3. The fourth-order valence-electron chi connectivity index (χ4n) is 3.45. The minimum atomic E-state index is 0.000400. The smallest absolute Gasteiger partial charge is 0.138 e. The molecular weight excluding hydrogens is 332 g/mol. The first kappa shape index (κ1) is 17.8. The lowest BCUT2D eigenvalue weighted by Crippen LogP contribution is -2.12. The second-order valence-corrected chi connectivity index (χ2v) is 9.70. The van der Waals surface area contributed by atoms with Crippen LogP contribution in [0.4, 0.5) is 0 Å². The molecule has 0 aliphatic rings. The van der Waals surface area contributed by atoms with E-state index in [1.54, 1.807) is 0 Å². The van der Waals surface area contributed by atoms with Crippen LogP contribution in [0.15, 0.2) is 36.4 Å². The van der Waals surface area contributed by atoms with Crippen molar-refractivity contribution >= 4 is 22.1 Å². The Hall–Kier alpha value is -2.62. The van der Waals surface area contributed by atoms with E-state index in [-0.39, 0.29) is 10.8 Å². The fourth-order valence-corrected chi connectivity index (χ4v) is 3.45. The van der Waals surface area contributed by atoms with Gasteiger partial charge in [0.2, 0.25) is 0 Å². The molecule has 0 amide bonds. The summed E-state index contributed by atoms with van der Waals surface area (Å²) >= 11 is 0. The van der Waals surface area contributed by atoms with Gasteiger partial charge >= 0.3 is 0 Å². The van der Waals surface area contributed by atoms with Gasteiger partial charge in [0.25, 0.3) is 0 Å². The first-order chi connectivity index (χ1) is 12.6. The molecule has 0 aliphatic carbocycles. The van der Waals surface area contributed by atoms with Gasteiger partial charge in [-0.25, -0.2) is 9.97 Å². The molecule has 0 saturated heterocycles. The van der Waals surface area contributed by atoms with Gasteiger partial charge in [0.15, 0.2) is 0 Å². The molecule has 27 heavy (non-hydrogen) atoms. The number of para-hydroxylation sites is 1. The predicted octanol–water partition coefficient (Wildman–Crippen LogP) is 5.99. The molecule has 0 atom stereocenters. The number of rotatable bonds is 2. The Kier molecular flexibility index (Phi) is 3.91. The Bertz CT molecular complexity index is 1120. The van der Waals surface area contributed by atoms with Crippen molar-refractivity contribution in [1.29, 1.82) is 0 Å². The molecule has 0 aliphatic heterocycles. The number of benzene rings is 2. The van der Waals surface area contributed by atoms with Gasteiger partial charge in [-0.1, -0.05) is 53.7 Å². The molecule has 2 aromatic carbocycles. The molecule has 4 heteroatoms. The Labute approximate surface area is 160 Å². The molecule has 2 heterocycles. The number of aromatic amines is 2. The molecule has 2 aromatic heterocycles. The number of aromatic nitrogens is 4. The third-order valence-corrected chi connectivity index (χ3v) is 4.78. The van der Waals surface area contributed by atoms with Crippen molar-refractivity contribution < 1.29 is 0 Å². The molecule has 0 unspecified atom stereocenters. The fraction of sp³-hybridized carbons (Fsp3) is 0.391. The van der Waals surface area contributed by atoms with Gasteiger partial charge < -0.3 is 9.97 Å². The van der Waals surface area contributed by atoms with E-state index in [0.717, 1.165) is 45.7 Å². The number of H-pyrrole nitrogens is 2. The Morgan fingerprint density at radius 1 is 0.852 bits per heavy atom. The average Bonchev–Trinajstić information content (AvgIpc) is 3.16. The number of nitrogens with one attached hydrogen (secondary N) is 2. The van der Waals surface area contributed by atoms with Gasteiger partial charge in [-0.3, -0.25) is 0 Å². The Balaban J connectivity index is 1.79. The second kappa shape index (κ2) is 5.95. The molecule has 4 rings (SSSR count).